The highest BCUT2D eigenvalue weighted by atomic mass is 32.1. The summed E-state index contributed by atoms with van der Waals surface area (Å²) in [5.74, 6) is 0.187. The maximum atomic E-state index is 12.6. The van der Waals surface area contributed by atoms with Crippen molar-refractivity contribution in [3.05, 3.63) is 91.7 Å². The molecule has 0 saturated heterocycles. The number of carbonyl (C=O) groups is 1. The van der Waals surface area contributed by atoms with Crippen LogP contribution in [0.4, 0.5) is 11.4 Å². The molecule has 0 radical (unpaired) electrons. The first-order valence-corrected chi connectivity index (χ1v) is 10.7. The summed E-state index contributed by atoms with van der Waals surface area (Å²) in [6.07, 6.45) is 0. The Morgan fingerprint density at radius 1 is 1.10 bits per heavy atom. The lowest BCUT2D eigenvalue weighted by Crippen LogP contribution is -2.87. The van der Waals surface area contributed by atoms with Crippen LogP contribution in [0, 0.1) is 17.0 Å². The number of benzene rings is 2. The lowest BCUT2D eigenvalue weighted by atomic mass is 9.98. The molecule has 0 aliphatic rings. The van der Waals surface area contributed by atoms with E-state index in [9.17, 15) is 14.9 Å². The minimum atomic E-state index is -0.475. The normalized spacial score (nSPS) is 12.0. The van der Waals surface area contributed by atoms with Gasteiger partial charge in [-0.25, -0.2) is 0 Å². The number of nitrogens with two attached hydrogens (primary N) is 1. The topological polar surface area (TPSA) is 88.9 Å². The molecule has 3 rings (SSSR count). The number of nitro benzene ring substituents is 1. The molecule has 2 aromatic carbocycles. The van der Waals surface area contributed by atoms with Crippen LogP contribution >= 0.6 is 11.3 Å². The van der Waals surface area contributed by atoms with Gasteiger partial charge in [-0.3, -0.25) is 14.9 Å². The number of nitro groups is 1. The third-order valence-corrected chi connectivity index (χ3v) is 6.02. The average molecular weight is 425 g/mol. The van der Waals surface area contributed by atoms with Gasteiger partial charge in [-0.15, -0.1) is 11.3 Å². The lowest BCUT2D eigenvalue weighted by Gasteiger charge is -2.16. The monoisotopic (exact) mass is 424 g/mol. The van der Waals surface area contributed by atoms with Crippen molar-refractivity contribution in [2.75, 3.05) is 11.9 Å². The van der Waals surface area contributed by atoms with E-state index in [-0.39, 0.29) is 29.9 Å². The Morgan fingerprint density at radius 3 is 2.40 bits per heavy atom. The number of rotatable bonds is 8. The van der Waals surface area contributed by atoms with Gasteiger partial charge in [0.1, 0.15) is 11.7 Å². The predicted octanol–water partition coefficient (Wildman–Crippen LogP) is 4.38. The second kappa shape index (κ2) is 9.65. The smallest absolute Gasteiger partial charge is 0.293 e. The van der Waals surface area contributed by atoms with Gasteiger partial charge < -0.3 is 10.6 Å². The Morgan fingerprint density at radius 2 is 1.80 bits per heavy atom. The number of quaternary nitrogens is 1. The first-order valence-electron chi connectivity index (χ1n) is 9.87. The van der Waals surface area contributed by atoms with Crippen LogP contribution in [0.3, 0.4) is 0 Å². The van der Waals surface area contributed by atoms with Gasteiger partial charge in [-0.05, 0) is 35.4 Å². The van der Waals surface area contributed by atoms with Crippen molar-refractivity contribution in [3.63, 3.8) is 0 Å². The van der Waals surface area contributed by atoms with E-state index in [0.29, 0.717) is 11.5 Å². The van der Waals surface area contributed by atoms with Crippen LogP contribution < -0.4 is 10.6 Å². The van der Waals surface area contributed by atoms with E-state index in [1.165, 1.54) is 11.6 Å². The molecule has 1 heterocycles. The standard InChI is InChI=1S/C23H25N3O3S/c1-15(2)17-9-11-18(12-10-17)23(20-8-5-13-30-20)24-14-21(27)25-22-16(3)6-4-7-19(22)26(28)29/h4-13,15,23-24H,14H2,1-3H3,(H,25,27)/p+1/t23-/m0/s1. The molecular formula is C23H26N3O3S+. The predicted molar refractivity (Wildman–Crippen MR) is 120 cm³/mol. The molecule has 0 fully saturated rings. The molecule has 0 unspecified atom stereocenters. The summed E-state index contributed by atoms with van der Waals surface area (Å²) in [6.45, 7) is 6.22. The van der Waals surface area contributed by atoms with Gasteiger partial charge in [0.05, 0.1) is 9.80 Å². The number of hydrogen-bond donors (Lipinski definition) is 2. The van der Waals surface area contributed by atoms with Crippen molar-refractivity contribution < 1.29 is 15.0 Å². The third-order valence-electron chi connectivity index (χ3n) is 5.06. The molecule has 0 aliphatic carbocycles. The first-order chi connectivity index (χ1) is 14.4. The second-order valence-electron chi connectivity index (χ2n) is 7.53. The van der Waals surface area contributed by atoms with Crippen molar-refractivity contribution in [1.82, 2.24) is 0 Å². The number of anilines is 1. The van der Waals surface area contributed by atoms with Crippen LogP contribution in [-0.2, 0) is 4.79 Å². The van der Waals surface area contributed by atoms with Crippen molar-refractivity contribution in [1.29, 1.82) is 0 Å². The van der Waals surface area contributed by atoms with Gasteiger partial charge in [0.25, 0.3) is 11.6 Å². The molecule has 156 valence electrons. The van der Waals surface area contributed by atoms with E-state index in [2.05, 4.69) is 49.5 Å². The number of para-hydroxylation sites is 1. The van der Waals surface area contributed by atoms with Gasteiger partial charge in [0.15, 0.2) is 6.54 Å². The summed E-state index contributed by atoms with van der Waals surface area (Å²) in [6, 6.07) is 17.3. The molecule has 6 nitrogen and oxygen atoms in total. The number of nitrogens with zero attached hydrogens (tertiary/aromatic N) is 1. The molecule has 1 amide bonds. The summed E-state index contributed by atoms with van der Waals surface area (Å²) < 4.78 is 0. The summed E-state index contributed by atoms with van der Waals surface area (Å²) in [7, 11) is 0. The molecule has 1 aromatic heterocycles. The van der Waals surface area contributed by atoms with E-state index < -0.39 is 4.92 Å². The number of carbonyl (C=O) groups excluding carboxylic acids is 1. The zero-order chi connectivity index (χ0) is 21.7. The van der Waals surface area contributed by atoms with E-state index in [1.807, 2.05) is 16.8 Å². The first kappa shape index (κ1) is 21.7. The fourth-order valence-corrected chi connectivity index (χ4v) is 4.21. The third kappa shape index (κ3) is 5.11. The molecule has 0 saturated carbocycles. The van der Waals surface area contributed by atoms with Crippen LogP contribution in [0.1, 0.15) is 47.4 Å². The Bertz CT molecular complexity index is 1010. The Labute approximate surface area is 180 Å². The summed E-state index contributed by atoms with van der Waals surface area (Å²) in [4.78, 5) is 24.6. The molecule has 0 spiro atoms. The Hall–Kier alpha value is -3.03. The molecule has 30 heavy (non-hydrogen) atoms. The lowest BCUT2D eigenvalue weighted by molar-refractivity contribution is -0.675. The van der Waals surface area contributed by atoms with Gasteiger partial charge >= 0.3 is 0 Å². The van der Waals surface area contributed by atoms with Gasteiger partial charge in [0.2, 0.25) is 0 Å². The maximum Gasteiger partial charge on any atom is 0.293 e. The molecule has 7 heteroatoms. The molecule has 3 aromatic rings. The van der Waals surface area contributed by atoms with Crippen molar-refractivity contribution in [2.24, 2.45) is 0 Å². The van der Waals surface area contributed by atoms with Gasteiger partial charge in [-0.1, -0.05) is 56.3 Å². The van der Waals surface area contributed by atoms with Gasteiger partial charge in [-0.2, -0.15) is 0 Å². The number of nitrogens with one attached hydrogen (secondary N) is 1. The molecule has 3 N–H and O–H groups in total. The maximum absolute atomic E-state index is 12.6. The second-order valence-corrected chi connectivity index (χ2v) is 8.51. The van der Waals surface area contributed by atoms with Crippen LogP contribution in [0.2, 0.25) is 0 Å². The highest BCUT2D eigenvalue weighted by Gasteiger charge is 2.22. The Kier molecular flexibility index (Phi) is 6.97. The molecular weight excluding hydrogens is 398 g/mol. The average Bonchev–Trinajstić information content (AvgIpc) is 3.24. The van der Waals surface area contributed by atoms with E-state index >= 15 is 0 Å². The summed E-state index contributed by atoms with van der Waals surface area (Å²) in [5, 5.41) is 18.0. The highest BCUT2D eigenvalue weighted by Crippen LogP contribution is 2.28. The van der Waals surface area contributed by atoms with E-state index in [0.717, 1.165) is 10.4 Å². The summed E-state index contributed by atoms with van der Waals surface area (Å²) >= 11 is 1.65. The minimum absolute atomic E-state index is 0.0104. The zero-order valence-electron chi connectivity index (χ0n) is 17.3. The molecule has 0 aliphatic heterocycles. The fraction of sp³-hybridized carbons (Fsp3) is 0.261. The molecule has 0 bridgehead atoms. The van der Waals surface area contributed by atoms with E-state index in [4.69, 9.17) is 0 Å². The number of aryl methyl sites for hydroxylation is 1. The SMILES string of the molecule is Cc1cccc([N+](=O)[O-])c1NC(=O)C[NH2+][C@@H](c1ccc(C(C)C)cc1)c1cccs1. The van der Waals surface area contributed by atoms with Crippen LogP contribution in [-0.4, -0.2) is 17.4 Å². The van der Waals surface area contributed by atoms with Crippen molar-refractivity contribution in [3.8, 4) is 0 Å². The van der Waals surface area contributed by atoms with Crippen LogP contribution in [0.25, 0.3) is 0 Å². The van der Waals surface area contributed by atoms with Crippen molar-refractivity contribution >= 4 is 28.6 Å². The fourth-order valence-electron chi connectivity index (χ4n) is 3.36. The minimum Gasteiger partial charge on any atom is -0.328 e. The van der Waals surface area contributed by atoms with Crippen LogP contribution in [0.5, 0.6) is 0 Å². The van der Waals surface area contributed by atoms with Crippen molar-refractivity contribution in [2.45, 2.75) is 32.7 Å². The zero-order valence-corrected chi connectivity index (χ0v) is 18.1. The Balaban J connectivity index is 1.75. The quantitative estimate of drug-likeness (QED) is 0.415. The molecule has 1 atom stereocenters. The largest absolute Gasteiger partial charge is 0.328 e. The van der Waals surface area contributed by atoms with Crippen LogP contribution in [0.15, 0.2) is 60.0 Å². The summed E-state index contributed by atoms with van der Waals surface area (Å²) in [5.41, 5.74) is 3.22. The van der Waals surface area contributed by atoms with E-state index in [1.54, 1.807) is 30.4 Å². The number of amides is 1. The highest BCUT2D eigenvalue weighted by molar-refractivity contribution is 7.10. The number of hydrogen-bond acceptors (Lipinski definition) is 4. The number of thiophene rings is 1. The van der Waals surface area contributed by atoms with Gasteiger partial charge in [0, 0.05) is 11.6 Å².